The smallest absolute Gasteiger partial charge is 0.441 e. The predicted octanol–water partition coefficient (Wildman–Crippen LogP) is 2.34. The first-order chi connectivity index (χ1) is 14.1. The van der Waals surface area contributed by atoms with Gasteiger partial charge in [0, 0.05) is 6.42 Å². The SMILES string of the molecule is C=CCOC(=O)C(=[N+]=[N-])C(=O)C[C@@H](NC(=O)OC(C)(C)C)c1ccc2c(c1)OCO2. The number of esters is 1. The van der Waals surface area contributed by atoms with Gasteiger partial charge in [0.05, 0.1) is 6.04 Å². The monoisotopic (exact) mass is 417 g/mol. The summed E-state index contributed by atoms with van der Waals surface area (Å²) in [6.45, 7) is 8.37. The molecule has 160 valence electrons. The molecule has 2 rings (SSSR count). The Bertz CT molecular complexity index is 898. The van der Waals surface area contributed by atoms with Crippen LogP contribution in [0.4, 0.5) is 4.79 Å². The number of hydrogen-bond acceptors (Lipinski definition) is 7. The van der Waals surface area contributed by atoms with E-state index >= 15 is 0 Å². The topological polar surface area (TPSA) is 137 Å². The predicted molar refractivity (Wildman–Crippen MR) is 104 cm³/mol. The molecule has 0 saturated heterocycles. The van der Waals surface area contributed by atoms with Crippen LogP contribution in [0.2, 0.25) is 0 Å². The van der Waals surface area contributed by atoms with Gasteiger partial charge in [-0.2, -0.15) is 4.79 Å². The minimum absolute atomic E-state index is 0.0539. The second kappa shape index (κ2) is 9.71. The summed E-state index contributed by atoms with van der Waals surface area (Å²) in [6, 6.07) is 3.95. The lowest BCUT2D eigenvalue weighted by Gasteiger charge is -2.23. The quantitative estimate of drug-likeness (QED) is 0.171. The van der Waals surface area contributed by atoms with E-state index < -0.39 is 41.6 Å². The second-order valence-corrected chi connectivity index (χ2v) is 7.27. The molecule has 1 N–H and O–H groups in total. The molecule has 0 aliphatic carbocycles. The first-order valence-corrected chi connectivity index (χ1v) is 9.07. The highest BCUT2D eigenvalue weighted by atomic mass is 16.7. The van der Waals surface area contributed by atoms with Gasteiger partial charge in [0.15, 0.2) is 11.5 Å². The normalized spacial score (nSPS) is 12.9. The molecule has 1 aliphatic heterocycles. The first kappa shape index (κ1) is 22.6. The van der Waals surface area contributed by atoms with Crippen molar-refractivity contribution >= 4 is 23.6 Å². The van der Waals surface area contributed by atoms with Crippen LogP contribution < -0.4 is 14.8 Å². The lowest BCUT2D eigenvalue weighted by atomic mass is 9.99. The zero-order chi connectivity index (χ0) is 22.3. The third-order valence-corrected chi connectivity index (χ3v) is 3.77. The highest BCUT2D eigenvalue weighted by Gasteiger charge is 2.34. The molecule has 1 atom stereocenters. The Morgan fingerprint density at radius 2 is 2.00 bits per heavy atom. The molecule has 30 heavy (non-hydrogen) atoms. The van der Waals surface area contributed by atoms with Gasteiger partial charge in [0.2, 0.25) is 6.79 Å². The molecule has 1 aliphatic rings. The fourth-order valence-corrected chi connectivity index (χ4v) is 2.53. The molecule has 0 bridgehead atoms. The van der Waals surface area contributed by atoms with E-state index in [1.165, 1.54) is 6.08 Å². The fraction of sp³-hybridized carbons (Fsp3) is 0.400. The van der Waals surface area contributed by atoms with Crippen LogP contribution in [0.3, 0.4) is 0 Å². The van der Waals surface area contributed by atoms with Crippen molar-refractivity contribution < 1.29 is 38.1 Å². The molecule has 1 amide bonds. The molecule has 0 radical (unpaired) electrons. The van der Waals surface area contributed by atoms with E-state index in [2.05, 4.69) is 16.7 Å². The van der Waals surface area contributed by atoms with Crippen molar-refractivity contribution in [1.82, 2.24) is 5.32 Å². The van der Waals surface area contributed by atoms with Gasteiger partial charge in [-0.3, -0.25) is 4.79 Å². The average Bonchev–Trinajstić information content (AvgIpc) is 3.12. The maximum atomic E-state index is 12.6. The van der Waals surface area contributed by atoms with Crippen LogP contribution in [-0.4, -0.2) is 47.3 Å². The van der Waals surface area contributed by atoms with Crippen molar-refractivity contribution in [3.05, 3.63) is 41.9 Å². The number of benzene rings is 1. The van der Waals surface area contributed by atoms with Crippen LogP contribution in [0.1, 0.15) is 38.8 Å². The van der Waals surface area contributed by atoms with Crippen molar-refractivity contribution in [2.24, 2.45) is 0 Å². The van der Waals surface area contributed by atoms with Crippen LogP contribution in [0, 0.1) is 0 Å². The Labute approximate surface area is 173 Å². The van der Waals surface area contributed by atoms with Crippen LogP contribution in [0.5, 0.6) is 11.5 Å². The van der Waals surface area contributed by atoms with Gasteiger partial charge >= 0.3 is 17.8 Å². The van der Waals surface area contributed by atoms with Gasteiger partial charge in [0.1, 0.15) is 12.2 Å². The highest BCUT2D eigenvalue weighted by molar-refractivity contribution is 6.62. The molecule has 1 aromatic rings. The van der Waals surface area contributed by atoms with Crippen molar-refractivity contribution in [2.75, 3.05) is 13.4 Å². The maximum absolute atomic E-state index is 12.6. The minimum atomic E-state index is -1.11. The van der Waals surface area contributed by atoms with Crippen LogP contribution in [-0.2, 0) is 19.1 Å². The fourth-order valence-electron chi connectivity index (χ4n) is 2.53. The van der Waals surface area contributed by atoms with Crippen molar-refractivity contribution in [3.63, 3.8) is 0 Å². The Kier molecular flexibility index (Phi) is 7.32. The van der Waals surface area contributed by atoms with Crippen LogP contribution in [0.15, 0.2) is 30.9 Å². The van der Waals surface area contributed by atoms with E-state index in [9.17, 15) is 14.4 Å². The summed E-state index contributed by atoms with van der Waals surface area (Å²) in [5, 5.41) is 2.59. The van der Waals surface area contributed by atoms with E-state index in [4.69, 9.17) is 24.5 Å². The second-order valence-electron chi connectivity index (χ2n) is 7.27. The molecule has 0 aromatic heterocycles. The Balaban J connectivity index is 2.25. The van der Waals surface area contributed by atoms with Crippen molar-refractivity contribution in [3.8, 4) is 11.5 Å². The largest absolute Gasteiger partial charge is 0.454 e. The number of nitrogens with one attached hydrogen (secondary N) is 1. The van der Waals surface area contributed by atoms with Gasteiger partial charge in [-0.1, -0.05) is 18.7 Å². The van der Waals surface area contributed by atoms with Gasteiger partial charge in [-0.05, 0) is 38.5 Å². The molecule has 10 nitrogen and oxygen atoms in total. The molecule has 0 spiro atoms. The molecule has 10 heteroatoms. The zero-order valence-electron chi connectivity index (χ0n) is 17.0. The molecular formula is C20H23N3O7. The Morgan fingerprint density at radius 3 is 2.63 bits per heavy atom. The van der Waals surface area contributed by atoms with Gasteiger partial charge in [-0.25, -0.2) is 9.59 Å². The Hall–Kier alpha value is -3.65. The first-order valence-electron chi connectivity index (χ1n) is 9.07. The van der Waals surface area contributed by atoms with E-state index in [1.807, 2.05) is 0 Å². The molecule has 1 heterocycles. The summed E-state index contributed by atoms with van der Waals surface area (Å²) in [6.07, 6.45) is 0.132. The lowest BCUT2D eigenvalue weighted by molar-refractivity contribution is -0.141. The number of carbonyl (C=O) groups excluding carboxylic acids is 3. The highest BCUT2D eigenvalue weighted by Crippen LogP contribution is 2.35. The molecule has 0 saturated carbocycles. The summed E-state index contributed by atoms with van der Waals surface area (Å²) in [5.74, 6) is -0.988. The number of hydrogen-bond donors (Lipinski definition) is 1. The number of amides is 1. The van der Waals surface area contributed by atoms with Crippen LogP contribution in [0.25, 0.3) is 5.53 Å². The third-order valence-electron chi connectivity index (χ3n) is 3.77. The molecule has 0 unspecified atom stereocenters. The standard InChI is InChI=1S/C20H23N3O7/c1-5-8-27-18(25)17(23-21)14(24)10-13(22-19(26)30-20(2,3)4)12-6-7-15-16(9-12)29-11-28-15/h5-7,9,13H,1,8,10-11H2,2-4H3,(H,22,26)/t13-/m1/s1. The number of ether oxygens (including phenoxy) is 4. The summed E-state index contributed by atoms with van der Waals surface area (Å²) in [5.41, 5.74) is 8.04. The molecular weight excluding hydrogens is 394 g/mol. The number of carbonyl (C=O) groups is 3. The average molecular weight is 417 g/mol. The van der Waals surface area contributed by atoms with E-state index in [0.717, 1.165) is 0 Å². The van der Waals surface area contributed by atoms with Crippen LogP contribution >= 0.6 is 0 Å². The van der Waals surface area contributed by atoms with E-state index in [1.54, 1.807) is 39.0 Å². The number of fused-ring (bicyclic) bond motifs is 1. The zero-order valence-corrected chi connectivity index (χ0v) is 17.0. The lowest BCUT2D eigenvalue weighted by Crippen LogP contribution is -2.37. The summed E-state index contributed by atoms with van der Waals surface area (Å²) in [4.78, 5) is 39.6. The number of Topliss-reactive ketones (excluding diaryl/α,β-unsaturated/α-hetero) is 1. The van der Waals surface area contributed by atoms with Gasteiger partial charge < -0.3 is 29.8 Å². The molecule has 0 fully saturated rings. The number of ketones is 1. The van der Waals surface area contributed by atoms with Crippen molar-refractivity contribution in [2.45, 2.75) is 38.8 Å². The summed E-state index contributed by atoms with van der Waals surface area (Å²) < 4.78 is 20.6. The van der Waals surface area contributed by atoms with Crippen molar-refractivity contribution in [1.29, 1.82) is 0 Å². The van der Waals surface area contributed by atoms with Gasteiger partial charge in [0.25, 0.3) is 5.78 Å². The maximum Gasteiger partial charge on any atom is 0.441 e. The molecule has 1 aromatic carbocycles. The van der Waals surface area contributed by atoms with Gasteiger partial charge in [-0.15, -0.1) is 0 Å². The van der Waals surface area contributed by atoms with E-state index in [0.29, 0.717) is 17.1 Å². The number of alkyl carbamates (subject to hydrolysis) is 1. The number of nitrogens with zero attached hydrogens (tertiary/aromatic N) is 2. The Morgan fingerprint density at radius 1 is 1.30 bits per heavy atom. The number of rotatable bonds is 8. The third kappa shape index (κ3) is 6.18. The van der Waals surface area contributed by atoms with E-state index in [-0.39, 0.29) is 13.4 Å². The summed E-state index contributed by atoms with van der Waals surface area (Å²) in [7, 11) is 0. The summed E-state index contributed by atoms with van der Waals surface area (Å²) >= 11 is 0. The minimum Gasteiger partial charge on any atom is -0.454 e.